The van der Waals surface area contributed by atoms with Gasteiger partial charge in [0.2, 0.25) is 5.91 Å². The Labute approximate surface area is 143 Å². The SMILES string of the molecule is CC(C)(C)OC(=O)NC1CCN(C(=O)Cn2cc(I)cn2)C1. The summed E-state index contributed by atoms with van der Waals surface area (Å²) in [5.74, 6) is 0.00740. The Balaban J connectivity index is 1.79. The molecule has 1 aliphatic rings. The summed E-state index contributed by atoms with van der Waals surface area (Å²) in [6.45, 7) is 6.84. The second-order valence-corrected chi connectivity index (χ2v) is 7.57. The van der Waals surface area contributed by atoms with E-state index in [1.54, 1.807) is 15.8 Å². The number of ether oxygens (including phenoxy) is 1. The first-order chi connectivity index (χ1) is 10.2. The van der Waals surface area contributed by atoms with E-state index in [1.807, 2.05) is 27.0 Å². The number of carbonyl (C=O) groups is 2. The van der Waals surface area contributed by atoms with Crippen LogP contribution in [-0.4, -0.2) is 51.4 Å². The molecule has 122 valence electrons. The zero-order valence-corrected chi connectivity index (χ0v) is 15.2. The molecule has 2 heterocycles. The summed E-state index contributed by atoms with van der Waals surface area (Å²) in [6.07, 6.45) is 3.84. The van der Waals surface area contributed by atoms with Gasteiger partial charge in [0.1, 0.15) is 12.1 Å². The van der Waals surface area contributed by atoms with E-state index in [4.69, 9.17) is 4.74 Å². The van der Waals surface area contributed by atoms with Crippen LogP contribution in [0.1, 0.15) is 27.2 Å². The summed E-state index contributed by atoms with van der Waals surface area (Å²) in [4.78, 5) is 25.7. The zero-order chi connectivity index (χ0) is 16.3. The molecule has 0 radical (unpaired) electrons. The fraction of sp³-hybridized carbons (Fsp3) is 0.643. The summed E-state index contributed by atoms with van der Waals surface area (Å²) >= 11 is 2.15. The van der Waals surface area contributed by atoms with E-state index < -0.39 is 11.7 Å². The van der Waals surface area contributed by atoms with Gasteiger partial charge in [-0.1, -0.05) is 0 Å². The number of halogens is 1. The third-order valence-electron chi connectivity index (χ3n) is 3.16. The molecule has 1 aromatic heterocycles. The van der Waals surface area contributed by atoms with E-state index in [9.17, 15) is 9.59 Å². The largest absolute Gasteiger partial charge is 0.444 e. The highest BCUT2D eigenvalue weighted by Crippen LogP contribution is 2.12. The summed E-state index contributed by atoms with van der Waals surface area (Å²) in [5, 5.41) is 6.92. The van der Waals surface area contributed by atoms with Gasteiger partial charge in [-0.3, -0.25) is 9.48 Å². The van der Waals surface area contributed by atoms with Gasteiger partial charge in [0, 0.05) is 19.3 Å². The molecule has 1 N–H and O–H groups in total. The van der Waals surface area contributed by atoms with Gasteiger partial charge in [-0.05, 0) is 49.8 Å². The molecule has 1 fully saturated rings. The average Bonchev–Trinajstić information content (AvgIpc) is 2.96. The maximum absolute atomic E-state index is 12.2. The van der Waals surface area contributed by atoms with Gasteiger partial charge in [-0.2, -0.15) is 5.10 Å². The number of aromatic nitrogens is 2. The molecule has 1 atom stereocenters. The van der Waals surface area contributed by atoms with Gasteiger partial charge in [-0.25, -0.2) is 4.79 Å². The topological polar surface area (TPSA) is 76.5 Å². The molecule has 0 bridgehead atoms. The van der Waals surface area contributed by atoms with Crippen molar-refractivity contribution in [3.05, 3.63) is 16.0 Å². The van der Waals surface area contributed by atoms with Crippen molar-refractivity contribution in [3.63, 3.8) is 0 Å². The molecule has 0 saturated carbocycles. The highest BCUT2D eigenvalue weighted by atomic mass is 127. The van der Waals surface area contributed by atoms with Gasteiger partial charge in [0.05, 0.1) is 15.8 Å². The van der Waals surface area contributed by atoms with E-state index in [0.29, 0.717) is 13.1 Å². The normalized spacial score (nSPS) is 18.4. The number of alkyl carbamates (subject to hydrolysis) is 1. The van der Waals surface area contributed by atoms with Crippen LogP contribution in [0.5, 0.6) is 0 Å². The van der Waals surface area contributed by atoms with Gasteiger partial charge in [-0.15, -0.1) is 0 Å². The molecule has 1 saturated heterocycles. The molecule has 2 amide bonds. The number of hydrogen-bond acceptors (Lipinski definition) is 4. The van der Waals surface area contributed by atoms with E-state index >= 15 is 0 Å². The number of rotatable bonds is 3. The number of nitrogens with zero attached hydrogens (tertiary/aromatic N) is 3. The number of likely N-dealkylation sites (tertiary alicyclic amines) is 1. The van der Waals surface area contributed by atoms with Gasteiger partial charge in [0.15, 0.2) is 0 Å². The lowest BCUT2D eigenvalue weighted by Crippen LogP contribution is -2.41. The number of nitrogens with one attached hydrogen (secondary N) is 1. The lowest BCUT2D eigenvalue weighted by atomic mass is 10.2. The molecular formula is C14H21IN4O3. The summed E-state index contributed by atoms with van der Waals surface area (Å²) in [6, 6.07) is -0.0587. The highest BCUT2D eigenvalue weighted by Gasteiger charge is 2.28. The van der Waals surface area contributed by atoms with Crippen LogP contribution in [0, 0.1) is 3.57 Å². The molecule has 1 aliphatic heterocycles. The Hall–Kier alpha value is -1.32. The van der Waals surface area contributed by atoms with Crippen LogP contribution in [0.15, 0.2) is 12.4 Å². The number of hydrogen-bond donors (Lipinski definition) is 1. The zero-order valence-electron chi connectivity index (χ0n) is 13.0. The quantitative estimate of drug-likeness (QED) is 0.755. The minimum atomic E-state index is -0.518. The van der Waals surface area contributed by atoms with Crippen molar-refractivity contribution in [2.45, 2.75) is 45.4 Å². The summed E-state index contributed by atoms with van der Waals surface area (Å²) in [5.41, 5.74) is -0.518. The Bertz CT molecular complexity index is 553. The van der Waals surface area contributed by atoms with Crippen molar-refractivity contribution in [2.24, 2.45) is 0 Å². The van der Waals surface area contributed by atoms with Crippen molar-refractivity contribution in [1.82, 2.24) is 20.0 Å². The molecule has 7 nitrogen and oxygen atoms in total. The van der Waals surface area contributed by atoms with Crippen molar-refractivity contribution in [1.29, 1.82) is 0 Å². The van der Waals surface area contributed by atoms with Crippen LogP contribution in [0.4, 0.5) is 4.79 Å². The lowest BCUT2D eigenvalue weighted by molar-refractivity contribution is -0.131. The highest BCUT2D eigenvalue weighted by molar-refractivity contribution is 14.1. The first kappa shape index (κ1) is 17.0. The Morgan fingerprint density at radius 2 is 2.23 bits per heavy atom. The van der Waals surface area contributed by atoms with Crippen LogP contribution in [0.25, 0.3) is 0 Å². The summed E-state index contributed by atoms with van der Waals surface area (Å²) < 4.78 is 7.85. The van der Waals surface area contributed by atoms with E-state index in [-0.39, 0.29) is 18.5 Å². The first-order valence-corrected chi connectivity index (χ1v) is 8.26. The predicted molar refractivity (Wildman–Crippen MR) is 89.3 cm³/mol. The minimum Gasteiger partial charge on any atom is -0.444 e. The first-order valence-electron chi connectivity index (χ1n) is 7.18. The Morgan fingerprint density at radius 3 is 2.82 bits per heavy atom. The number of carbonyl (C=O) groups excluding carboxylic acids is 2. The molecule has 8 heteroatoms. The van der Waals surface area contributed by atoms with Gasteiger partial charge in [0.25, 0.3) is 0 Å². The summed E-state index contributed by atoms with van der Waals surface area (Å²) in [7, 11) is 0. The van der Waals surface area contributed by atoms with Crippen molar-refractivity contribution >= 4 is 34.6 Å². The Kier molecular flexibility index (Phi) is 5.30. The predicted octanol–water partition coefficient (Wildman–Crippen LogP) is 1.61. The molecule has 1 aromatic rings. The molecule has 0 spiro atoms. The standard InChI is InChI=1S/C14H21IN4O3/c1-14(2,3)22-13(21)17-11-4-5-18(8-11)12(20)9-19-7-10(15)6-16-19/h6-7,11H,4-5,8-9H2,1-3H3,(H,17,21). The van der Waals surface area contributed by atoms with Gasteiger partial charge < -0.3 is 15.0 Å². The van der Waals surface area contributed by atoms with Crippen LogP contribution in [0.3, 0.4) is 0 Å². The van der Waals surface area contributed by atoms with Crippen LogP contribution in [0.2, 0.25) is 0 Å². The third-order valence-corrected chi connectivity index (χ3v) is 3.72. The van der Waals surface area contributed by atoms with Crippen molar-refractivity contribution in [2.75, 3.05) is 13.1 Å². The molecule has 0 aromatic carbocycles. The lowest BCUT2D eigenvalue weighted by Gasteiger charge is -2.22. The van der Waals surface area contributed by atoms with Crippen LogP contribution >= 0.6 is 22.6 Å². The molecule has 0 aliphatic carbocycles. The molecule has 2 rings (SSSR count). The Morgan fingerprint density at radius 1 is 1.50 bits per heavy atom. The number of amides is 2. The smallest absolute Gasteiger partial charge is 0.407 e. The second kappa shape index (κ2) is 6.84. The molecule has 22 heavy (non-hydrogen) atoms. The van der Waals surface area contributed by atoms with E-state index in [1.165, 1.54) is 0 Å². The molecular weight excluding hydrogens is 399 g/mol. The second-order valence-electron chi connectivity index (χ2n) is 6.33. The molecule has 1 unspecified atom stereocenters. The van der Waals surface area contributed by atoms with Crippen molar-refractivity contribution < 1.29 is 14.3 Å². The maximum atomic E-state index is 12.2. The third kappa shape index (κ3) is 5.15. The minimum absolute atomic E-state index is 0.00740. The van der Waals surface area contributed by atoms with Crippen molar-refractivity contribution in [3.8, 4) is 0 Å². The van der Waals surface area contributed by atoms with Gasteiger partial charge >= 0.3 is 6.09 Å². The average molecular weight is 420 g/mol. The fourth-order valence-corrected chi connectivity index (χ4v) is 2.69. The van der Waals surface area contributed by atoms with E-state index in [2.05, 4.69) is 33.0 Å². The maximum Gasteiger partial charge on any atom is 0.407 e. The monoisotopic (exact) mass is 420 g/mol. The van der Waals surface area contributed by atoms with E-state index in [0.717, 1.165) is 9.99 Å². The van der Waals surface area contributed by atoms with Crippen LogP contribution < -0.4 is 5.32 Å². The fourth-order valence-electron chi connectivity index (χ4n) is 2.24. The van der Waals surface area contributed by atoms with Crippen LogP contribution in [-0.2, 0) is 16.1 Å².